The van der Waals surface area contributed by atoms with Crippen LogP contribution in [0.15, 0.2) is 73.1 Å². The molecule has 0 saturated carbocycles. The molecule has 10 nitrogen and oxygen atoms in total. The highest BCUT2D eigenvalue weighted by Crippen LogP contribution is 2.41. The number of aromatic amines is 1. The van der Waals surface area contributed by atoms with Crippen LogP contribution in [0.5, 0.6) is 0 Å². The number of amides is 3. The molecule has 0 radical (unpaired) electrons. The number of aromatic nitrogens is 2. The Kier molecular flexibility index (Phi) is 8.66. The van der Waals surface area contributed by atoms with Crippen molar-refractivity contribution in [1.29, 1.82) is 0 Å². The molecule has 1 aliphatic rings. The monoisotopic (exact) mass is 599 g/mol. The van der Waals surface area contributed by atoms with Gasteiger partial charge in [0.15, 0.2) is 5.76 Å². The summed E-state index contributed by atoms with van der Waals surface area (Å²) in [7, 11) is 1.68. The highest BCUT2D eigenvalue weighted by atomic mass is 19.1. The number of halogens is 1. The topological polar surface area (TPSA) is 117 Å². The number of rotatable bonds is 7. The van der Waals surface area contributed by atoms with E-state index < -0.39 is 17.4 Å². The Hall–Kier alpha value is -5.19. The van der Waals surface area contributed by atoms with Gasteiger partial charge in [0.1, 0.15) is 5.82 Å². The van der Waals surface area contributed by atoms with Gasteiger partial charge in [0.25, 0.3) is 5.91 Å². The van der Waals surface area contributed by atoms with Gasteiger partial charge in [0, 0.05) is 66.0 Å². The first-order valence-electron chi connectivity index (χ1n) is 14.3. The molecule has 0 bridgehead atoms. The third-order valence-electron chi connectivity index (χ3n) is 7.43. The van der Waals surface area contributed by atoms with Crippen LogP contribution >= 0.6 is 0 Å². The minimum absolute atomic E-state index is 0.0952. The fraction of sp³-hybridized carbons (Fsp3) is 0.273. The van der Waals surface area contributed by atoms with Gasteiger partial charge in [-0.2, -0.15) is 0 Å². The summed E-state index contributed by atoms with van der Waals surface area (Å²) >= 11 is 0. The number of carbonyl (C=O) groups excluding carboxylic acids is 3. The van der Waals surface area contributed by atoms with Gasteiger partial charge in [0.2, 0.25) is 0 Å². The van der Waals surface area contributed by atoms with Gasteiger partial charge in [-0.05, 0) is 61.0 Å². The molecule has 44 heavy (non-hydrogen) atoms. The predicted molar refractivity (Wildman–Crippen MR) is 165 cm³/mol. The first-order valence-corrected chi connectivity index (χ1v) is 14.3. The normalized spacial score (nSPS) is 13.8. The van der Waals surface area contributed by atoms with Crippen molar-refractivity contribution in [1.82, 2.24) is 20.2 Å². The van der Waals surface area contributed by atoms with E-state index in [0.29, 0.717) is 29.9 Å². The number of carbonyl (C=O) groups is 3. The first kappa shape index (κ1) is 30.3. The van der Waals surface area contributed by atoms with Crippen LogP contribution in [-0.4, -0.2) is 59.7 Å². The van der Waals surface area contributed by atoms with Crippen molar-refractivity contribution in [2.75, 3.05) is 31.6 Å². The Balaban J connectivity index is 1.47. The molecule has 2 aromatic carbocycles. The molecule has 11 heteroatoms. The summed E-state index contributed by atoms with van der Waals surface area (Å²) in [4.78, 5) is 49.5. The molecule has 0 unspecified atom stereocenters. The summed E-state index contributed by atoms with van der Waals surface area (Å²) in [6.07, 6.45) is 2.87. The van der Waals surface area contributed by atoms with Crippen LogP contribution in [-0.2, 0) is 21.3 Å². The molecule has 228 valence electrons. The number of ether oxygens (including phenoxy) is 2. The zero-order valence-corrected chi connectivity index (χ0v) is 25.0. The Morgan fingerprint density at radius 1 is 1.11 bits per heavy atom. The number of fused-ring (bicyclic) bond motifs is 3. The number of anilines is 1. The lowest BCUT2D eigenvalue weighted by molar-refractivity contribution is 0.0788. The highest BCUT2D eigenvalue weighted by Gasteiger charge is 2.37. The fourth-order valence-electron chi connectivity index (χ4n) is 5.32. The quantitative estimate of drug-likeness (QED) is 0.252. The largest absolute Gasteiger partial charge is 0.513 e. The number of nitrogens with one attached hydrogen (secondary N) is 2. The molecule has 0 spiro atoms. The number of hydrogen-bond acceptors (Lipinski definition) is 6. The van der Waals surface area contributed by atoms with Gasteiger partial charge in [-0.15, -0.1) is 0 Å². The predicted octanol–water partition coefficient (Wildman–Crippen LogP) is 6.00. The third-order valence-corrected chi connectivity index (χ3v) is 7.43. The number of H-pyrrole nitrogens is 1. The molecule has 0 aliphatic carbocycles. The molecule has 0 fully saturated rings. The minimum Gasteiger partial charge on any atom is -0.434 e. The molecular formula is C33H34FN5O5. The zero-order chi connectivity index (χ0) is 31.4. The molecule has 0 saturated heterocycles. The van der Waals surface area contributed by atoms with Crippen LogP contribution in [0, 0.1) is 5.82 Å². The third kappa shape index (κ3) is 6.41. The summed E-state index contributed by atoms with van der Waals surface area (Å²) in [5.74, 6) is -0.735. The van der Waals surface area contributed by atoms with Gasteiger partial charge in [-0.1, -0.05) is 26.0 Å². The smallest absolute Gasteiger partial charge is 0.434 e. The standard InChI is InChI=1S/C33H34FN5O5/c1-5-43-32(42)44-27-19-39(30(40)21-9-11-22(34)12-10-21)20-33(2,3)28-25-14-13-24(18-26(25)37-29(27)28)38(4)31(41)36-17-15-23-8-6-7-16-35-23/h6-14,16,18-19,37H,5,15,17,20H2,1-4H3,(H,36,41). The SMILES string of the molecule is CCOC(=O)OC1=CN(C(=O)c2ccc(F)cc2)CC(C)(C)c2c1[nH]c1cc(N(C)C(=O)NCCc3ccccn3)ccc21. The second-order valence-electron chi connectivity index (χ2n) is 11.1. The van der Waals surface area contributed by atoms with Crippen LogP contribution in [0.25, 0.3) is 16.7 Å². The number of pyridine rings is 1. The maximum atomic E-state index is 13.5. The molecule has 4 aromatic rings. The summed E-state index contributed by atoms with van der Waals surface area (Å²) in [6, 6.07) is 16.3. The molecule has 2 N–H and O–H groups in total. The van der Waals surface area contributed by atoms with Gasteiger partial charge < -0.3 is 24.7 Å². The lowest BCUT2D eigenvalue weighted by atomic mass is 9.82. The lowest BCUT2D eigenvalue weighted by Crippen LogP contribution is -2.38. The van der Waals surface area contributed by atoms with E-state index in [1.807, 2.05) is 50.2 Å². The molecule has 3 heterocycles. The van der Waals surface area contributed by atoms with Crippen molar-refractivity contribution >= 4 is 40.4 Å². The lowest BCUT2D eigenvalue weighted by Gasteiger charge is -2.29. The Bertz CT molecular complexity index is 1720. The van der Waals surface area contributed by atoms with Crippen LogP contribution in [0.2, 0.25) is 0 Å². The van der Waals surface area contributed by atoms with Crippen molar-refractivity contribution in [2.24, 2.45) is 0 Å². The highest BCUT2D eigenvalue weighted by molar-refractivity contribution is 5.99. The Morgan fingerprint density at radius 2 is 1.89 bits per heavy atom. The van der Waals surface area contributed by atoms with Crippen molar-refractivity contribution in [3.8, 4) is 0 Å². The van der Waals surface area contributed by atoms with Crippen molar-refractivity contribution in [2.45, 2.75) is 32.6 Å². The van der Waals surface area contributed by atoms with E-state index in [4.69, 9.17) is 9.47 Å². The Morgan fingerprint density at radius 3 is 2.59 bits per heavy atom. The van der Waals surface area contributed by atoms with Crippen LogP contribution in [0.4, 0.5) is 19.7 Å². The number of nitrogens with zero attached hydrogens (tertiary/aromatic N) is 3. The minimum atomic E-state index is -0.917. The average Bonchev–Trinajstić information content (AvgIpc) is 3.36. The maximum Gasteiger partial charge on any atom is 0.513 e. The Labute approximate surface area is 254 Å². The van der Waals surface area contributed by atoms with E-state index in [9.17, 15) is 18.8 Å². The van der Waals surface area contributed by atoms with Crippen LogP contribution in [0.1, 0.15) is 48.1 Å². The number of benzene rings is 2. The van der Waals surface area contributed by atoms with Gasteiger partial charge in [0.05, 0.1) is 18.5 Å². The molecule has 1 aliphatic heterocycles. The average molecular weight is 600 g/mol. The van der Waals surface area contributed by atoms with Crippen LogP contribution in [0.3, 0.4) is 0 Å². The zero-order valence-electron chi connectivity index (χ0n) is 25.0. The van der Waals surface area contributed by atoms with Crippen LogP contribution < -0.4 is 10.2 Å². The second-order valence-corrected chi connectivity index (χ2v) is 11.1. The summed E-state index contributed by atoms with van der Waals surface area (Å²) in [5.41, 5.74) is 3.24. The number of hydrogen-bond donors (Lipinski definition) is 2. The molecule has 0 atom stereocenters. The van der Waals surface area contributed by atoms with E-state index in [1.54, 1.807) is 20.2 Å². The van der Waals surface area contributed by atoms with E-state index in [2.05, 4.69) is 15.3 Å². The molecule has 2 aromatic heterocycles. The molecule has 3 amide bonds. The molecular weight excluding hydrogens is 565 g/mol. The van der Waals surface area contributed by atoms with Gasteiger partial charge in [-0.3, -0.25) is 14.7 Å². The summed E-state index contributed by atoms with van der Waals surface area (Å²) < 4.78 is 24.2. The van der Waals surface area contributed by atoms with Crippen molar-refractivity contribution in [3.63, 3.8) is 0 Å². The second kappa shape index (κ2) is 12.6. The molecule has 5 rings (SSSR count). The van der Waals surface area contributed by atoms with E-state index in [-0.39, 0.29) is 36.4 Å². The van der Waals surface area contributed by atoms with Gasteiger partial charge >= 0.3 is 12.2 Å². The van der Waals surface area contributed by atoms with E-state index >= 15 is 0 Å². The maximum absolute atomic E-state index is 13.5. The summed E-state index contributed by atoms with van der Waals surface area (Å²) in [5, 5.41) is 3.76. The van der Waals surface area contributed by atoms with E-state index in [0.717, 1.165) is 16.6 Å². The number of urea groups is 1. The van der Waals surface area contributed by atoms with Crippen molar-refractivity contribution in [3.05, 3.63) is 101 Å². The van der Waals surface area contributed by atoms with E-state index in [1.165, 1.54) is 40.3 Å². The van der Waals surface area contributed by atoms with Crippen molar-refractivity contribution < 1.29 is 28.2 Å². The first-order chi connectivity index (χ1) is 21.1. The fourth-order valence-corrected chi connectivity index (χ4v) is 5.32. The summed E-state index contributed by atoms with van der Waals surface area (Å²) in [6.45, 7) is 6.41. The van der Waals surface area contributed by atoms with Gasteiger partial charge in [-0.25, -0.2) is 14.0 Å².